The van der Waals surface area contributed by atoms with Crippen LogP contribution in [0.5, 0.6) is 0 Å². The van der Waals surface area contributed by atoms with Gasteiger partial charge < -0.3 is 5.32 Å². The van der Waals surface area contributed by atoms with E-state index in [1.165, 1.54) is 17.5 Å². The zero-order chi connectivity index (χ0) is 12.4. The van der Waals surface area contributed by atoms with Crippen LogP contribution in [0.3, 0.4) is 0 Å². The van der Waals surface area contributed by atoms with Crippen LogP contribution in [0.25, 0.3) is 0 Å². The zero-order valence-corrected chi connectivity index (χ0v) is 12.0. The van der Waals surface area contributed by atoms with Gasteiger partial charge in [-0.05, 0) is 46.6 Å². The molecule has 0 fully saturated rings. The number of nitrogens with one attached hydrogen (secondary N) is 1. The SMILES string of the molecule is Cc1cc(C(=O)Nc2ccc(Cl)cn2)sc1Br. The third kappa shape index (κ3) is 3.06. The molecule has 0 radical (unpaired) electrons. The van der Waals surface area contributed by atoms with Gasteiger partial charge in [0.15, 0.2) is 0 Å². The summed E-state index contributed by atoms with van der Waals surface area (Å²) in [6.45, 7) is 1.94. The fourth-order valence-corrected chi connectivity index (χ4v) is 2.74. The molecule has 17 heavy (non-hydrogen) atoms. The third-order valence-electron chi connectivity index (χ3n) is 2.05. The molecular formula is C11H8BrClN2OS. The predicted molar refractivity (Wildman–Crippen MR) is 74.0 cm³/mol. The van der Waals surface area contributed by atoms with E-state index in [1.807, 2.05) is 13.0 Å². The minimum absolute atomic E-state index is 0.168. The molecule has 6 heteroatoms. The summed E-state index contributed by atoms with van der Waals surface area (Å²) in [5.74, 6) is 0.320. The van der Waals surface area contributed by atoms with E-state index in [0.29, 0.717) is 15.7 Å². The molecule has 0 aliphatic carbocycles. The molecule has 0 spiro atoms. The Hall–Kier alpha value is -0.910. The number of carbonyl (C=O) groups excluding carboxylic acids is 1. The number of hydrogen-bond acceptors (Lipinski definition) is 3. The fraction of sp³-hybridized carbons (Fsp3) is 0.0909. The van der Waals surface area contributed by atoms with Gasteiger partial charge in [-0.1, -0.05) is 11.6 Å². The van der Waals surface area contributed by atoms with Crippen molar-refractivity contribution >= 4 is 50.6 Å². The molecule has 0 saturated carbocycles. The van der Waals surface area contributed by atoms with Gasteiger partial charge in [0, 0.05) is 6.20 Å². The number of carbonyl (C=O) groups is 1. The van der Waals surface area contributed by atoms with Crippen LogP contribution in [0.2, 0.25) is 5.02 Å². The van der Waals surface area contributed by atoms with Crippen LogP contribution in [-0.4, -0.2) is 10.9 Å². The van der Waals surface area contributed by atoms with E-state index in [1.54, 1.807) is 12.1 Å². The summed E-state index contributed by atoms with van der Waals surface area (Å²) in [5.41, 5.74) is 1.05. The molecule has 1 amide bonds. The van der Waals surface area contributed by atoms with Gasteiger partial charge in [-0.15, -0.1) is 11.3 Å². The lowest BCUT2D eigenvalue weighted by Crippen LogP contribution is -2.11. The van der Waals surface area contributed by atoms with E-state index in [2.05, 4.69) is 26.2 Å². The van der Waals surface area contributed by atoms with E-state index in [9.17, 15) is 4.79 Å². The molecule has 0 saturated heterocycles. The van der Waals surface area contributed by atoms with Crippen LogP contribution >= 0.6 is 38.9 Å². The summed E-state index contributed by atoms with van der Waals surface area (Å²) in [5, 5.41) is 3.25. The lowest BCUT2D eigenvalue weighted by molar-refractivity contribution is 0.103. The highest BCUT2D eigenvalue weighted by Crippen LogP contribution is 2.27. The summed E-state index contributed by atoms with van der Waals surface area (Å²) >= 11 is 10.5. The lowest BCUT2D eigenvalue weighted by atomic mass is 10.3. The first-order chi connectivity index (χ1) is 8.06. The number of anilines is 1. The molecular weight excluding hydrogens is 324 g/mol. The number of aryl methyl sites for hydroxylation is 1. The maximum atomic E-state index is 11.9. The Balaban J connectivity index is 2.14. The summed E-state index contributed by atoms with van der Waals surface area (Å²) in [6.07, 6.45) is 1.49. The highest BCUT2D eigenvalue weighted by molar-refractivity contribution is 9.11. The van der Waals surface area contributed by atoms with Crippen LogP contribution in [0.4, 0.5) is 5.82 Å². The van der Waals surface area contributed by atoms with Gasteiger partial charge in [0.1, 0.15) is 5.82 Å². The van der Waals surface area contributed by atoms with Gasteiger partial charge in [-0.2, -0.15) is 0 Å². The molecule has 0 aliphatic rings. The molecule has 0 aliphatic heterocycles. The Labute approximate surface area is 116 Å². The smallest absolute Gasteiger partial charge is 0.266 e. The Morgan fingerprint density at radius 2 is 2.29 bits per heavy atom. The van der Waals surface area contributed by atoms with Crippen LogP contribution in [0.15, 0.2) is 28.2 Å². The number of amides is 1. The average molecular weight is 332 g/mol. The quantitative estimate of drug-likeness (QED) is 0.899. The molecule has 88 valence electrons. The third-order valence-corrected chi connectivity index (χ3v) is 4.41. The first kappa shape index (κ1) is 12.5. The summed E-state index contributed by atoms with van der Waals surface area (Å²) < 4.78 is 0.965. The maximum Gasteiger partial charge on any atom is 0.266 e. The average Bonchev–Trinajstić information content (AvgIpc) is 2.63. The van der Waals surface area contributed by atoms with Crippen molar-refractivity contribution in [1.29, 1.82) is 0 Å². The predicted octanol–water partition coefficient (Wildman–Crippen LogP) is 4.12. The van der Waals surface area contributed by atoms with Crippen LogP contribution in [0.1, 0.15) is 15.2 Å². The molecule has 2 rings (SSSR count). The van der Waals surface area contributed by atoms with Crippen molar-refractivity contribution in [2.24, 2.45) is 0 Å². The van der Waals surface area contributed by atoms with Crippen LogP contribution in [-0.2, 0) is 0 Å². The van der Waals surface area contributed by atoms with Crippen molar-refractivity contribution in [1.82, 2.24) is 4.98 Å². The van der Waals surface area contributed by atoms with E-state index >= 15 is 0 Å². The van der Waals surface area contributed by atoms with Crippen molar-refractivity contribution in [2.45, 2.75) is 6.92 Å². The summed E-state index contributed by atoms with van der Waals surface area (Å²) in [4.78, 5) is 16.5. The number of pyridine rings is 1. The number of thiophene rings is 1. The van der Waals surface area contributed by atoms with Crippen molar-refractivity contribution in [3.63, 3.8) is 0 Å². The molecule has 1 N–H and O–H groups in total. The minimum Gasteiger partial charge on any atom is -0.306 e. The number of rotatable bonds is 2. The van der Waals surface area contributed by atoms with E-state index in [0.717, 1.165) is 9.35 Å². The Morgan fingerprint density at radius 3 is 2.82 bits per heavy atom. The number of aromatic nitrogens is 1. The van der Waals surface area contributed by atoms with Gasteiger partial charge in [-0.3, -0.25) is 4.79 Å². The second-order valence-electron chi connectivity index (χ2n) is 3.38. The number of hydrogen-bond donors (Lipinski definition) is 1. The highest BCUT2D eigenvalue weighted by Gasteiger charge is 2.11. The molecule has 2 heterocycles. The van der Waals surface area contributed by atoms with Gasteiger partial charge in [0.25, 0.3) is 5.91 Å². The van der Waals surface area contributed by atoms with E-state index < -0.39 is 0 Å². The van der Waals surface area contributed by atoms with Gasteiger partial charge in [0.2, 0.25) is 0 Å². The molecule has 2 aromatic heterocycles. The topological polar surface area (TPSA) is 42.0 Å². The normalized spacial score (nSPS) is 10.3. The molecule has 0 aromatic carbocycles. The number of nitrogens with zero attached hydrogens (tertiary/aromatic N) is 1. The van der Waals surface area contributed by atoms with E-state index in [-0.39, 0.29) is 5.91 Å². The monoisotopic (exact) mass is 330 g/mol. The summed E-state index contributed by atoms with van der Waals surface area (Å²) in [7, 11) is 0. The molecule has 2 aromatic rings. The molecule has 0 unspecified atom stereocenters. The molecule has 3 nitrogen and oxygen atoms in total. The van der Waals surface area contributed by atoms with Crippen LogP contribution < -0.4 is 5.32 Å². The van der Waals surface area contributed by atoms with Gasteiger partial charge in [-0.25, -0.2) is 4.98 Å². The largest absolute Gasteiger partial charge is 0.306 e. The molecule has 0 bridgehead atoms. The minimum atomic E-state index is -0.168. The Bertz CT molecular complexity index is 534. The van der Waals surface area contributed by atoms with Crippen molar-refractivity contribution in [3.8, 4) is 0 Å². The first-order valence-corrected chi connectivity index (χ1v) is 6.74. The number of halogens is 2. The molecule has 0 atom stereocenters. The summed E-state index contributed by atoms with van der Waals surface area (Å²) in [6, 6.07) is 5.18. The maximum absolute atomic E-state index is 11.9. The lowest BCUT2D eigenvalue weighted by Gasteiger charge is -2.01. The fourth-order valence-electron chi connectivity index (χ4n) is 1.20. The van der Waals surface area contributed by atoms with Crippen LogP contribution in [0, 0.1) is 6.92 Å². The first-order valence-electron chi connectivity index (χ1n) is 4.75. The van der Waals surface area contributed by atoms with E-state index in [4.69, 9.17) is 11.6 Å². The van der Waals surface area contributed by atoms with Crippen molar-refractivity contribution < 1.29 is 4.79 Å². The Morgan fingerprint density at radius 1 is 1.53 bits per heavy atom. The standard InChI is InChI=1S/C11H8BrClN2OS/c1-6-4-8(17-10(6)12)11(16)15-9-3-2-7(13)5-14-9/h2-5H,1H3,(H,14,15,16). The van der Waals surface area contributed by atoms with Crippen molar-refractivity contribution in [2.75, 3.05) is 5.32 Å². The zero-order valence-electron chi connectivity index (χ0n) is 8.83. The second kappa shape index (κ2) is 5.16. The van der Waals surface area contributed by atoms with Gasteiger partial charge in [0.05, 0.1) is 13.7 Å². The van der Waals surface area contributed by atoms with Gasteiger partial charge >= 0.3 is 0 Å². The highest BCUT2D eigenvalue weighted by atomic mass is 79.9. The Kier molecular flexibility index (Phi) is 3.81. The van der Waals surface area contributed by atoms with Crippen molar-refractivity contribution in [3.05, 3.63) is 43.6 Å². The second-order valence-corrected chi connectivity index (χ2v) is 6.19.